The van der Waals surface area contributed by atoms with Crippen LogP contribution in [0.2, 0.25) is 0 Å². The molecule has 1 aromatic heterocycles. The van der Waals surface area contributed by atoms with Crippen molar-refractivity contribution in [3.63, 3.8) is 0 Å². The standard InChI is InChI=1S/C11H7Br3N2O2S/c12-7-1-2-11(8(13)5-7)19(17,18)16-10-3-4-15-6-9(10)14/h1-6H,(H,15,16). The third kappa shape index (κ3) is 3.56. The van der Waals surface area contributed by atoms with Gasteiger partial charge in [0.1, 0.15) is 4.90 Å². The molecule has 0 radical (unpaired) electrons. The third-order valence-corrected chi connectivity index (χ3v) is 5.67. The first kappa shape index (κ1) is 15.0. The summed E-state index contributed by atoms with van der Waals surface area (Å²) in [5.41, 5.74) is 0.435. The highest BCUT2D eigenvalue weighted by molar-refractivity contribution is 9.11. The fourth-order valence-corrected chi connectivity index (χ4v) is 4.66. The number of hydrogen-bond donors (Lipinski definition) is 1. The summed E-state index contributed by atoms with van der Waals surface area (Å²) in [5, 5.41) is 0. The van der Waals surface area contributed by atoms with Gasteiger partial charge in [-0.3, -0.25) is 9.71 Å². The molecule has 8 heteroatoms. The van der Waals surface area contributed by atoms with Gasteiger partial charge in [-0.2, -0.15) is 0 Å². The van der Waals surface area contributed by atoms with E-state index in [0.29, 0.717) is 14.6 Å². The van der Waals surface area contributed by atoms with E-state index in [2.05, 4.69) is 57.5 Å². The predicted octanol–water partition coefficient (Wildman–Crippen LogP) is 4.17. The van der Waals surface area contributed by atoms with Gasteiger partial charge < -0.3 is 0 Å². The first-order chi connectivity index (χ1) is 8.90. The van der Waals surface area contributed by atoms with Crippen LogP contribution in [0.3, 0.4) is 0 Å². The van der Waals surface area contributed by atoms with Crippen LogP contribution in [0, 0.1) is 0 Å². The Labute approximate surface area is 136 Å². The maximum Gasteiger partial charge on any atom is 0.263 e. The highest BCUT2D eigenvalue weighted by Crippen LogP contribution is 2.29. The molecule has 2 aromatic rings. The van der Waals surface area contributed by atoms with Crippen molar-refractivity contribution in [3.8, 4) is 0 Å². The summed E-state index contributed by atoms with van der Waals surface area (Å²) in [7, 11) is -3.66. The van der Waals surface area contributed by atoms with Gasteiger partial charge in [0, 0.05) is 21.3 Å². The average Bonchev–Trinajstić information content (AvgIpc) is 2.31. The zero-order valence-electron chi connectivity index (χ0n) is 9.27. The zero-order chi connectivity index (χ0) is 14.0. The molecule has 0 aliphatic heterocycles. The Balaban J connectivity index is 2.41. The second kappa shape index (κ2) is 5.90. The quantitative estimate of drug-likeness (QED) is 0.732. The molecular weight excluding hydrogens is 464 g/mol. The summed E-state index contributed by atoms with van der Waals surface area (Å²) in [5.74, 6) is 0. The Morgan fingerprint density at radius 1 is 1.05 bits per heavy atom. The lowest BCUT2D eigenvalue weighted by molar-refractivity contribution is 0.600. The van der Waals surface area contributed by atoms with Gasteiger partial charge in [-0.1, -0.05) is 15.9 Å². The number of sulfonamides is 1. The van der Waals surface area contributed by atoms with Gasteiger partial charge >= 0.3 is 0 Å². The number of rotatable bonds is 3. The Morgan fingerprint density at radius 3 is 2.42 bits per heavy atom. The summed E-state index contributed by atoms with van der Waals surface area (Å²) in [4.78, 5) is 4.05. The highest BCUT2D eigenvalue weighted by atomic mass is 79.9. The lowest BCUT2D eigenvalue weighted by Gasteiger charge is -2.10. The van der Waals surface area contributed by atoms with Gasteiger partial charge in [-0.15, -0.1) is 0 Å². The number of anilines is 1. The molecule has 0 bridgehead atoms. The zero-order valence-corrected chi connectivity index (χ0v) is 14.8. The van der Waals surface area contributed by atoms with Crippen LogP contribution in [0.4, 0.5) is 5.69 Å². The molecule has 1 heterocycles. The van der Waals surface area contributed by atoms with Gasteiger partial charge in [0.25, 0.3) is 10.0 Å². The first-order valence-electron chi connectivity index (χ1n) is 4.97. The summed E-state index contributed by atoms with van der Waals surface area (Å²) in [6.07, 6.45) is 3.04. The number of halogens is 3. The van der Waals surface area contributed by atoms with Gasteiger partial charge in [-0.05, 0) is 56.1 Å². The van der Waals surface area contributed by atoms with E-state index in [0.717, 1.165) is 4.47 Å². The van der Waals surface area contributed by atoms with Crippen LogP contribution >= 0.6 is 47.8 Å². The maximum absolute atomic E-state index is 12.3. The van der Waals surface area contributed by atoms with Crippen LogP contribution in [-0.2, 0) is 10.0 Å². The van der Waals surface area contributed by atoms with Crippen molar-refractivity contribution in [2.75, 3.05) is 4.72 Å². The van der Waals surface area contributed by atoms with E-state index in [9.17, 15) is 8.42 Å². The molecule has 4 nitrogen and oxygen atoms in total. The largest absolute Gasteiger partial charge is 0.278 e. The summed E-state index contributed by atoms with van der Waals surface area (Å²) in [6, 6.07) is 6.44. The van der Waals surface area contributed by atoms with Crippen LogP contribution < -0.4 is 4.72 Å². The molecule has 0 fully saturated rings. The molecular formula is C11H7Br3N2O2S. The molecule has 0 spiro atoms. The molecule has 0 atom stereocenters. The van der Waals surface area contributed by atoms with Crippen LogP contribution in [-0.4, -0.2) is 13.4 Å². The predicted molar refractivity (Wildman–Crippen MR) is 84.6 cm³/mol. The Hall–Kier alpha value is -0.440. The fourth-order valence-electron chi connectivity index (χ4n) is 1.35. The first-order valence-corrected chi connectivity index (χ1v) is 8.84. The van der Waals surface area contributed by atoms with Crippen LogP contribution in [0.1, 0.15) is 0 Å². The van der Waals surface area contributed by atoms with Gasteiger partial charge in [0.05, 0.1) is 10.2 Å². The Bertz CT molecular complexity index is 720. The topological polar surface area (TPSA) is 59.1 Å². The minimum Gasteiger partial charge on any atom is -0.278 e. The summed E-state index contributed by atoms with van der Waals surface area (Å²) < 4.78 is 28.9. The number of aromatic nitrogens is 1. The lowest BCUT2D eigenvalue weighted by Crippen LogP contribution is -2.14. The summed E-state index contributed by atoms with van der Waals surface area (Å²) >= 11 is 9.76. The molecule has 0 amide bonds. The Kier molecular flexibility index (Phi) is 4.65. The van der Waals surface area contributed by atoms with Gasteiger partial charge in [0.15, 0.2) is 0 Å². The molecule has 2 rings (SSSR count). The fraction of sp³-hybridized carbons (Fsp3) is 0. The normalized spacial score (nSPS) is 11.3. The van der Waals surface area contributed by atoms with E-state index < -0.39 is 10.0 Å². The molecule has 0 aliphatic carbocycles. The average molecular weight is 471 g/mol. The van der Waals surface area contributed by atoms with Crippen molar-refractivity contribution in [1.82, 2.24) is 4.98 Å². The van der Waals surface area contributed by atoms with Crippen molar-refractivity contribution in [2.24, 2.45) is 0 Å². The smallest absolute Gasteiger partial charge is 0.263 e. The highest BCUT2D eigenvalue weighted by Gasteiger charge is 2.18. The van der Waals surface area contributed by atoms with Crippen molar-refractivity contribution in [2.45, 2.75) is 4.90 Å². The van der Waals surface area contributed by atoms with Crippen molar-refractivity contribution >= 4 is 63.5 Å². The van der Waals surface area contributed by atoms with Crippen LogP contribution in [0.25, 0.3) is 0 Å². The number of pyridine rings is 1. The Morgan fingerprint density at radius 2 is 1.79 bits per heavy atom. The number of hydrogen-bond acceptors (Lipinski definition) is 3. The summed E-state index contributed by atoms with van der Waals surface area (Å²) in [6.45, 7) is 0. The molecule has 0 unspecified atom stereocenters. The van der Waals surface area contributed by atoms with Crippen LogP contribution in [0.15, 0.2) is 55.0 Å². The third-order valence-electron chi connectivity index (χ3n) is 2.20. The minimum absolute atomic E-state index is 0.166. The SMILES string of the molecule is O=S(=O)(Nc1ccncc1Br)c1ccc(Br)cc1Br. The lowest BCUT2D eigenvalue weighted by atomic mass is 10.4. The van der Waals surface area contributed by atoms with E-state index in [4.69, 9.17) is 0 Å². The minimum atomic E-state index is -3.66. The van der Waals surface area contributed by atoms with Crippen molar-refractivity contribution in [3.05, 3.63) is 50.1 Å². The second-order valence-electron chi connectivity index (χ2n) is 3.54. The van der Waals surface area contributed by atoms with Crippen LogP contribution in [0.5, 0.6) is 0 Å². The van der Waals surface area contributed by atoms with E-state index in [1.807, 2.05) is 0 Å². The molecule has 0 aliphatic rings. The van der Waals surface area contributed by atoms with E-state index in [1.165, 1.54) is 18.5 Å². The van der Waals surface area contributed by atoms with Crippen molar-refractivity contribution in [1.29, 1.82) is 0 Å². The molecule has 19 heavy (non-hydrogen) atoms. The molecule has 0 saturated heterocycles. The molecule has 1 N–H and O–H groups in total. The number of nitrogens with one attached hydrogen (secondary N) is 1. The molecule has 100 valence electrons. The van der Waals surface area contributed by atoms with E-state index in [-0.39, 0.29) is 4.90 Å². The monoisotopic (exact) mass is 468 g/mol. The van der Waals surface area contributed by atoms with E-state index >= 15 is 0 Å². The number of benzene rings is 1. The van der Waals surface area contributed by atoms with Gasteiger partial charge in [-0.25, -0.2) is 8.42 Å². The molecule has 0 saturated carbocycles. The maximum atomic E-state index is 12.3. The second-order valence-corrected chi connectivity index (χ2v) is 7.81. The van der Waals surface area contributed by atoms with Crippen molar-refractivity contribution < 1.29 is 8.42 Å². The number of nitrogens with zero attached hydrogens (tertiary/aromatic N) is 1. The molecule has 1 aromatic carbocycles. The van der Waals surface area contributed by atoms with Gasteiger partial charge in [0.2, 0.25) is 0 Å². The van der Waals surface area contributed by atoms with E-state index in [1.54, 1.807) is 18.2 Å².